The Morgan fingerprint density at radius 2 is 1.93 bits per heavy atom. The van der Waals surface area contributed by atoms with E-state index in [9.17, 15) is 0 Å². The van der Waals surface area contributed by atoms with Gasteiger partial charge in [-0.1, -0.05) is 31.5 Å². The number of rotatable bonds is 3. The zero-order valence-corrected chi connectivity index (χ0v) is 9.16. The minimum atomic E-state index is 0.733. The van der Waals surface area contributed by atoms with Crippen molar-refractivity contribution in [1.82, 2.24) is 4.98 Å². The van der Waals surface area contributed by atoms with Gasteiger partial charge in [-0.25, -0.2) is 4.98 Å². The maximum Gasteiger partial charge on any atom is 0.226 e. The van der Waals surface area contributed by atoms with E-state index in [0.29, 0.717) is 0 Å². The van der Waals surface area contributed by atoms with Gasteiger partial charge in [0.2, 0.25) is 5.89 Å². The molecule has 1 heterocycles. The Morgan fingerprint density at radius 1 is 1.20 bits per heavy atom. The first-order valence-electron chi connectivity index (χ1n) is 5.33. The Kier molecular flexibility index (Phi) is 2.86. The first-order valence-corrected chi connectivity index (χ1v) is 5.33. The standard InChI is InChI=1S/C13H15NO/c1-3-7-12-10(2)15-13(14-12)11-8-5-4-6-9-11/h4-6,8-9H,3,7H2,1-2H3. The van der Waals surface area contributed by atoms with Crippen LogP contribution in [0.4, 0.5) is 0 Å². The third-order valence-corrected chi connectivity index (χ3v) is 2.40. The lowest BCUT2D eigenvalue weighted by Crippen LogP contribution is -1.85. The highest BCUT2D eigenvalue weighted by Gasteiger charge is 2.09. The predicted molar refractivity (Wildman–Crippen MR) is 60.7 cm³/mol. The molecule has 78 valence electrons. The van der Waals surface area contributed by atoms with Crippen LogP contribution in [0.1, 0.15) is 24.8 Å². The molecular formula is C13H15NO. The van der Waals surface area contributed by atoms with Crippen LogP contribution >= 0.6 is 0 Å². The highest BCUT2D eigenvalue weighted by molar-refractivity contribution is 5.53. The fourth-order valence-corrected chi connectivity index (χ4v) is 1.60. The number of benzene rings is 1. The molecular weight excluding hydrogens is 186 g/mol. The van der Waals surface area contributed by atoms with Gasteiger partial charge in [0, 0.05) is 5.56 Å². The van der Waals surface area contributed by atoms with Crippen LogP contribution < -0.4 is 0 Å². The molecule has 2 rings (SSSR count). The average Bonchev–Trinajstić information content (AvgIpc) is 2.63. The largest absolute Gasteiger partial charge is 0.441 e. The lowest BCUT2D eigenvalue weighted by molar-refractivity contribution is 0.539. The molecule has 0 aliphatic heterocycles. The van der Waals surface area contributed by atoms with Crippen molar-refractivity contribution in [1.29, 1.82) is 0 Å². The fraction of sp³-hybridized carbons (Fsp3) is 0.308. The summed E-state index contributed by atoms with van der Waals surface area (Å²) in [4.78, 5) is 4.50. The summed E-state index contributed by atoms with van der Waals surface area (Å²) in [6.45, 7) is 4.13. The van der Waals surface area contributed by atoms with Gasteiger partial charge in [-0.3, -0.25) is 0 Å². The smallest absolute Gasteiger partial charge is 0.226 e. The molecule has 0 spiro atoms. The maximum absolute atomic E-state index is 5.64. The van der Waals surface area contributed by atoms with Crippen molar-refractivity contribution in [3.63, 3.8) is 0 Å². The van der Waals surface area contributed by atoms with E-state index in [4.69, 9.17) is 4.42 Å². The SMILES string of the molecule is CCCc1nc(-c2ccccc2)oc1C. The first-order chi connectivity index (χ1) is 7.31. The van der Waals surface area contributed by atoms with Crippen molar-refractivity contribution in [3.8, 4) is 11.5 Å². The van der Waals surface area contributed by atoms with E-state index in [1.54, 1.807) is 0 Å². The van der Waals surface area contributed by atoms with Gasteiger partial charge in [0.15, 0.2) is 0 Å². The van der Waals surface area contributed by atoms with E-state index in [1.807, 2.05) is 37.3 Å². The quantitative estimate of drug-likeness (QED) is 0.758. The molecule has 0 radical (unpaired) electrons. The van der Waals surface area contributed by atoms with Crippen molar-refractivity contribution >= 4 is 0 Å². The summed E-state index contributed by atoms with van der Waals surface area (Å²) in [5, 5.41) is 0. The number of hydrogen-bond donors (Lipinski definition) is 0. The third-order valence-electron chi connectivity index (χ3n) is 2.40. The molecule has 0 saturated heterocycles. The van der Waals surface area contributed by atoms with Gasteiger partial charge >= 0.3 is 0 Å². The van der Waals surface area contributed by atoms with E-state index in [2.05, 4.69) is 11.9 Å². The minimum Gasteiger partial charge on any atom is -0.441 e. The number of aromatic nitrogens is 1. The van der Waals surface area contributed by atoms with Crippen LogP contribution in [0.3, 0.4) is 0 Å². The van der Waals surface area contributed by atoms with Crippen molar-refractivity contribution in [2.75, 3.05) is 0 Å². The molecule has 2 aromatic rings. The summed E-state index contributed by atoms with van der Waals surface area (Å²) in [7, 11) is 0. The molecule has 0 amide bonds. The molecule has 2 heteroatoms. The second-order valence-corrected chi connectivity index (χ2v) is 3.64. The van der Waals surface area contributed by atoms with Crippen molar-refractivity contribution < 1.29 is 4.42 Å². The van der Waals surface area contributed by atoms with E-state index >= 15 is 0 Å². The van der Waals surface area contributed by atoms with Crippen LogP contribution in [0.2, 0.25) is 0 Å². The van der Waals surface area contributed by atoms with Gasteiger partial charge in [-0.2, -0.15) is 0 Å². The van der Waals surface area contributed by atoms with E-state index in [-0.39, 0.29) is 0 Å². The monoisotopic (exact) mass is 201 g/mol. The van der Waals surface area contributed by atoms with Crippen LogP contribution in [0.15, 0.2) is 34.7 Å². The molecule has 0 aliphatic carbocycles. The van der Waals surface area contributed by atoms with Gasteiger partial charge < -0.3 is 4.42 Å². The minimum absolute atomic E-state index is 0.733. The summed E-state index contributed by atoms with van der Waals surface area (Å²) in [6, 6.07) is 10.0. The van der Waals surface area contributed by atoms with Crippen LogP contribution in [-0.4, -0.2) is 4.98 Å². The Morgan fingerprint density at radius 3 is 2.60 bits per heavy atom. The first kappa shape index (κ1) is 9.97. The normalized spacial score (nSPS) is 10.5. The number of oxazole rings is 1. The summed E-state index contributed by atoms with van der Waals surface area (Å²) >= 11 is 0. The van der Waals surface area contributed by atoms with Gasteiger partial charge in [-0.05, 0) is 25.5 Å². The van der Waals surface area contributed by atoms with Crippen LogP contribution in [-0.2, 0) is 6.42 Å². The molecule has 0 unspecified atom stereocenters. The Hall–Kier alpha value is -1.57. The Balaban J connectivity index is 2.34. The van der Waals surface area contributed by atoms with Crippen LogP contribution in [0.25, 0.3) is 11.5 Å². The topological polar surface area (TPSA) is 26.0 Å². The molecule has 1 aromatic heterocycles. The Labute approximate surface area is 90.0 Å². The molecule has 15 heavy (non-hydrogen) atoms. The average molecular weight is 201 g/mol. The van der Waals surface area contributed by atoms with E-state index in [1.165, 1.54) is 0 Å². The van der Waals surface area contributed by atoms with Crippen LogP contribution in [0, 0.1) is 6.92 Å². The lowest BCUT2D eigenvalue weighted by atomic mass is 10.2. The molecule has 0 fully saturated rings. The predicted octanol–water partition coefficient (Wildman–Crippen LogP) is 3.60. The highest BCUT2D eigenvalue weighted by atomic mass is 16.4. The molecule has 1 aromatic carbocycles. The van der Waals surface area contributed by atoms with Gasteiger partial charge in [0.05, 0.1) is 5.69 Å². The maximum atomic E-state index is 5.64. The molecule has 2 nitrogen and oxygen atoms in total. The third kappa shape index (κ3) is 2.09. The van der Waals surface area contributed by atoms with Crippen LogP contribution in [0.5, 0.6) is 0 Å². The van der Waals surface area contributed by atoms with Gasteiger partial charge in [0.1, 0.15) is 5.76 Å². The molecule has 0 atom stereocenters. The molecule has 0 saturated carbocycles. The van der Waals surface area contributed by atoms with Gasteiger partial charge in [0.25, 0.3) is 0 Å². The number of hydrogen-bond acceptors (Lipinski definition) is 2. The van der Waals surface area contributed by atoms with Crippen molar-refractivity contribution in [2.45, 2.75) is 26.7 Å². The summed E-state index contributed by atoms with van der Waals surface area (Å²) < 4.78 is 5.64. The second-order valence-electron chi connectivity index (χ2n) is 3.64. The lowest BCUT2D eigenvalue weighted by Gasteiger charge is -1.92. The van der Waals surface area contributed by atoms with Crippen molar-refractivity contribution in [3.05, 3.63) is 41.8 Å². The Bertz CT molecular complexity index is 431. The van der Waals surface area contributed by atoms with E-state index in [0.717, 1.165) is 35.7 Å². The summed E-state index contributed by atoms with van der Waals surface area (Å²) in [5.41, 5.74) is 2.12. The number of nitrogens with zero attached hydrogens (tertiary/aromatic N) is 1. The summed E-state index contributed by atoms with van der Waals surface area (Å²) in [6.07, 6.45) is 2.09. The van der Waals surface area contributed by atoms with Gasteiger partial charge in [-0.15, -0.1) is 0 Å². The van der Waals surface area contributed by atoms with Crippen molar-refractivity contribution in [2.24, 2.45) is 0 Å². The number of aryl methyl sites for hydroxylation is 2. The zero-order chi connectivity index (χ0) is 10.7. The molecule has 0 bridgehead atoms. The second kappa shape index (κ2) is 4.30. The van der Waals surface area contributed by atoms with E-state index < -0.39 is 0 Å². The molecule has 0 aliphatic rings. The summed E-state index contributed by atoms with van der Waals surface area (Å²) in [5.74, 6) is 1.67. The molecule has 0 N–H and O–H groups in total. The zero-order valence-electron chi connectivity index (χ0n) is 9.16. The highest BCUT2D eigenvalue weighted by Crippen LogP contribution is 2.21. The fourth-order valence-electron chi connectivity index (χ4n) is 1.60.